The Labute approximate surface area is 99.8 Å². The highest BCUT2D eigenvalue weighted by Crippen LogP contribution is 2.38. The molecule has 3 nitrogen and oxygen atoms in total. The van der Waals surface area contributed by atoms with Crippen LogP contribution in [-0.2, 0) is 0 Å². The van der Waals surface area contributed by atoms with E-state index in [0.29, 0.717) is 11.1 Å². The molecule has 17 heavy (non-hydrogen) atoms. The van der Waals surface area contributed by atoms with Crippen molar-refractivity contribution < 1.29 is 4.79 Å². The minimum atomic E-state index is 0.00704. The van der Waals surface area contributed by atoms with Crippen molar-refractivity contribution in [1.29, 1.82) is 5.26 Å². The van der Waals surface area contributed by atoms with Crippen LogP contribution in [0.3, 0.4) is 0 Å². The SMILES string of the molecule is [C-]#[N+]/C(C#N)=C1\CC(=O)c2c(C)ccc(C)c21. The normalized spacial score (nSPS) is 16.1. The Kier molecular flexibility index (Phi) is 2.54. The van der Waals surface area contributed by atoms with E-state index >= 15 is 0 Å². The summed E-state index contributed by atoms with van der Waals surface area (Å²) in [5.41, 5.74) is 3.95. The first-order valence-electron chi connectivity index (χ1n) is 5.24. The van der Waals surface area contributed by atoms with Crippen LogP contribution in [0.4, 0.5) is 0 Å². The van der Waals surface area contributed by atoms with Gasteiger partial charge < -0.3 is 0 Å². The number of rotatable bonds is 0. The summed E-state index contributed by atoms with van der Waals surface area (Å²) in [6, 6.07) is 5.70. The van der Waals surface area contributed by atoms with Crippen LogP contribution in [0.1, 0.15) is 33.5 Å². The third kappa shape index (κ3) is 1.53. The quantitative estimate of drug-likeness (QED) is 0.500. The highest BCUT2D eigenvalue weighted by Gasteiger charge is 2.29. The smallest absolute Gasteiger partial charge is 0.266 e. The van der Waals surface area contributed by atoms with E-state index < -0.39 is 0 Å². The van der Waals surface area contributed by atoms with Crippen molar-refractivity contribution in [2.75, 3.05) is 0 Å². The van der Waals surface area contributed by atoms with Gasteiger partial charge in [-0.3, -0.25) is 4.79 Å². The van der Waals surface area contributed by atoms with Crippen LogP contribution in [0, 0.1) is 31.8 Å². The van der Waals surface area contributed by atoms with Gasteiger partial charge in [0.15, 0.2) is 5.78 Å². The van der Waals surface area contributed by atoms with Crippen molar-refractivity contribution in [1.82, 2.24) is 0 Å². The number of hydrogen-bond donors (Lipinski definition) is 0. The number of Topliss-reactive ketones (excluding diaryl/α,β-unsaturated/α-hetero) is 1. The first-order chi connectivity index (χ1) is 8.10. The molecule has 0 bridgehead atoms. The van der Waals surface area contributed by atoms with Gasteiger partial charge in [-0.05, 0) is 36.1 Å². The highest BCUT2D eigenvalue weighted by molar-refractivity contribution is 6.14. The van der Waals surface area contributed by atoms with Crippen molar-refractivity contribution in [2.45, 2.75) is 20.3 Å². The lowest BCUT2D eigenvalue weighted by Gasteiger charge is -2.07. The third-order valence-corrected chi connectivity index (χ3v) is 3.04. The summed E-state index contributed by atoms with van der Waals surface area (Å²) < 4.78 is 0. The maximum absolute atomic E-state index is 11.9. The van der Waals surface area contributed by atoms with Crippen LogP contribution in [0.2, 0.25) is 0 Å². The molecule has 1 aromatic carbocycles. The van der Waals surface area contributed by atoms with E-state index in [-0.39, 0.29) is 17.9 Å². The summed E-state index contributed by atoms with van der Waals surface area (Å²) in [5, 5.41) is 8.93. The highest BCUT2D eigenvalue weighted by atomic mass is 16.1. The van der Waals surface area contributed by atoms with E-state index in [1.807, 2.05) is 32.0 Å². The molecular formula is C14H10N2O. The number of ketones is 1. The first kappa shape index (κ1) is 11.1. The number of nitrogens with zero attached hydrogens (tertiary/aromatic N) is 2. The van der Waals surface area contributed by atoms with E-state index in [2.05, 4.69) is 4.85 Å². The average Bonchev–Trinajstić information content (AvgIpc) is 2.65. The Hall–Kier alpha value is -2.39. The monoisotopic (exact) mass is 222 g/mol. The minimum Gasteiger partial charge on any atom is -0.294 e. The lowest BCUT2D eigenvalue weighted by atomic mass is 9.97. The Morgan fingerprint density at radius 1 is 1.35 bits per heavy atom. The third-order valence-electron chi connectivity index (χ3n) is 3.04. The van der Waals surface area contributed by atoms with Gasteiger partial charge >= 0.3 is 0 Å². The molecule has 1 aliphatic carbocycles. The molecule has 0 aromatic heterocycles. The molecule has 0 fully saturated rings. The van der Waals surface area contributed by atoms with Gasteiger partial charge in [0.2, 0.25) is 0 Å². The molecule has 0 saturated heterocycles. The molecule has 0 atom stereocenters. The summed E-state index contributed by atoms with van der Waals surface area (Å²) >= 11 is 0. The van der Waals surface area contributed by atoms with Gasteiger partial charge in [-0.2, -0.15) is 0 Å². The number of hydrogen-bond acceptors (Lipinski definition) is 2. The second kappa shape index (κ2) is 3.88. The fraction of sp³-hybridized carbons (Fsp3) is 0.214. The molecule has 1 aliphatic rings. The number of allylic oxidation sites excluding steroid dienone is 2. The molecular weight excluding hydrogens is 212 g/mol. The zero-order valence-corrected chi connectivity index (χ0v) is 9.66. The largest absolute Gasteiger partial charge is 0.294 e. The molecule has 82 valence electrons. The molecule has 2 rings (SSSR count). The van der Waals surface area contributed by atoms with Crippen LogP contribution in [0.25, 0.3) is 10.4 Å². The molecule has 0 amide bonds. The number of fused-ring (bicyclic) bond motifs is 1. The topological polar surface area (TPSA) is 45.2 Å². The zero-order valence-electron chi connectivity index (χ0n) is 9.66. The van der Waals surface area contributed by atoms with Crippen molar-refractivity contribution in [2.24, 2.45) is 0 Å². The summed E-state index contributed by atoms with van der Waals surface area (Å²) in [4.78, 5) is 15.1. The van der Waals surface area contributed by atoms with Crippen LogP contribution in [0.15, 0.2) is 17.8 Å². The maximum atomic E-state index is 11.9. The fourth-order valence-corrected chi connectivity index (χ4v) is 2.26. The standard InChI is InChI=1S/C14H10N2O/c1-8-4-5-9(2)14-12(17)6-10(13(8)14)11(7-15)16-3/h4-5H,6H2,1-2H3/b11-10+. The van der Waals surface area contributed by atoms with Crippen molar-refractivity contribution in [3.05, 3.63) is 51.5 Å². The number of benzene rings is 1. The van der Waals surface area contributed by atoms with Gasteiger partial charge in [0, 0.05) is 12.0 Å². The Balaban J connectivity index is 2.86. The zero-order chi connectivity index (χ0) is 12.6. The fourth-order valence-electron chi connectivity index (χ4n) is 2.26. The Bertz CT molecular complexity index is 623. The lowest BCUT2D eigenvalue weighted by molar-refractivity contribution is 0.100. The van der Waals surface area contributed by atoms with Gasteiger partial charge in [-0.1, -0.05) is 12.1 Å². The van der Waals surface area contributed by atoms with Gasteiger partial charge in [0.1, 0.15) is 0 Å². The van der Waals surface area contributed by atoms with Crippen molar-refractivity contribution in [3.63, 3.8) is 0 Å². The van der Waals surface area contributed by atoms with Gasteiger partial charge in [0.25, 0.3) is 5.70 Å². The maximum Gasteiger partial charge on any atom is 0.266 e. The number of carbonyl (C=O) groups excluding carboxylic acids is 1. The lowest BCUT2D eigenvalue weighted by Crippen LogP contribution is -1.96. The predicted octanol–water partition coefficient (Wildman–Crippen LogP) is 3.04. The number of nitriles is 1. The number of carbonyl (C=O) groups is 1. The predicted molar refractivity (Wildman–Crippen MR) is 64.0 cm³/mol. The first-order valence-corrected chi connectivity index (χ1v) is 5.24. The molecule has 0 spiro atoms. The van der Waals surface area contributed by atoms with Gasteiger partial charge in [0.05, 0.1) is 12.6 Å². The summed E-state index contributed by atoms with van der Waals surface area (Å²) in [6.45, 7) is 10.8. The van der Waals surface area contributed by atoms with E-state index in [0.717, 1.165) is 16.7 Å². The second-order valence-electron chi connectivity index (χ2n) is 4.10. The van der Waals surface area contributed by atoms with E-state index in [9.17, 15) is 4.79 Å². The molecule has 0 heterocycles. The summed E-state index contributed by atoms with van der Waals surface area (Å²) in [5.74, 6) is 0.00704. The van der Waals surface area contributed by atoms with Crippen LogP contribution in [0.5, 0.6) is 0 Å². The van der Waals surface area contributed by atoms with Crippen molar-refractivity contribution >= 4 is 11.4 Å². The molecule has 3 heteroatoms. The second-order valence-corrected chi connectivity index (χ2v) is 4.10. The van der Waals surface area contributed by atoms with E-state index in [4.69, 9.17) is 11.8 Å². The molecule has 0 aliphatic heterocycles. The summed E-state index contributed by atoms with van der Waals surface area (Å²) in [6.07, 6.45) is 0.173. The van der Waals surface area contributed by atoms with Crippen molar-refractivity contribution in [3.8, 4) is 6.07 Å². The van der Waals surface area contributed by atoms with E-state index in [1.165, 1.54) is 0 Å². The van der Waals surface area contributed by atoms with E-state index in [1.54, 1.807) is 0 Å². The van der Waals surface area contributed by atoms with Gasteiger partial charge in [-0.25, -0.2) is 10.1 Å². The molecule has 0 saturated carbocycles. The molecule has 1 aromatic rings. The molecule has 0 unspecified atom stereocenters. The van der Waals surface area contributed by atoms with Crippen LogP contribution < -0.4 is 0 Å². The molecule has 0 N–H and O–H groups in total. The Morgan fingerprint density at radius 3 is 2.47 bits per heavy atom. The number of aryl methyl sites for hydroxylation is 2. The minimum absolute atomic E-state index is 0.00704. The van der Waals surface area contributed by atoms with Crippen LogP contribution >= 0.6 is 0 Å². The Morgan fingerprint density at radius 2 is 1.94 bits per heavy atom. The van der Waals surface area contributed by atoms with Gasteiger partial charge in [-0.15, -0.1) is 0 Å². The van der Waals surface area contributed by atoms with Crippen LogP contribution in [-0.4, -0.2) is 5.78 Å². The molecule has 0 radical (unpaired) electrons. The summed E-state index contributed by atoms with van der Waals surface area (Å²) in [7, 11) is 0. The average molecular weight is 222 g/mol.